The largest absolute Gasteiger partial charge is 0.292 e. The summed E-state index contributed by atoms with van der Waals surface area (Å²) in [6, 6.07) is 23.9. The minimum Gasteiger partial charge on any atom is -0.292 e. The first kappa shape index (κ1) is 18.5. The molecule has 28 heavy (non-hydrogen) atoms. The van der Waals surface area contributed by atoms with Gasteiger partial charge in [-0.05, 0) is 42.0 Å². The van der Waals surface area contributed by atoms with E-state index in [-0.39, 0.29) is 0 Å². The molecule has 0 N–H and O–H groups in total. The van der Waals surface area contributed by atoms with Gasteiger partial charge in [0.15, 0.2) is 0 Å². The Kier molecular flexibility index (Phi) is 4.80. The zero-order valence-corrected chi connectivity index (χ0v) is 17.4. The minimum atomic E-state index is 0.431. The molecule has 0 radical (unpaired) electrons. The fraction of sp³-hybridized carbons (Fsp3) is 0.269. The summed E-state index contributed by atoms with van der Waals surface area (Å²) in [5, 5.41) is 0. The Balaban J connectivity index is 2.12. The van der Waals surface area contributed by atoms with Gasteiger partial charge < -0.3 is 0 Å². The van der Waals surface area contributed by atoms with Gasteiger partial charge in [0.05, 0.1) is 16.7 Å². The lowest BCUT2D eigenvalue weighted by atomic mass is 9.92. The number of aryl methyl sites for hydroxylation is 1. The second-order valence-electron chi connectivity index (χ2n) is 8.22. The Morgan fingerprint density at radius 1 is 0.714 bits per heavy atom. The van der Waals surface area contributed by atoms with Gasteiger partial charge in [-0.25, -0.2) is 4.98 Å². The van der Waals surface area contributed by atoms with E-state index in [1.165, 1.54) is 22.4 Å². The molecule has 142 valence electrons. The molecule has 2 nitrogen and oxygen atoms in total. The van der Waals surface area contributed by atoms with Crippen LogP contribution >= 0.6 is 0 Å². The molecule has 0 aliphatic carbocycles. The molecule has 0 unspecified atom stereocenters. The average Bonchev–Trinajstić information content (AvgIpc) is 3.07. The van der Waals surface area contributed by atoms with Crippen LogP contribution in [-0.4, -0.2) is 9.55 Å². The lowest BCUT2D eigenvalue weighted by Crippen LogP contribution is -2.08. The Hall–Kier alpha value is -2.87. The second kappa shape index (κ2) is 7.27. The van der Waals surface area contributed by atoms with Crippen LogP contribution in [0.4, 0.5) is 0 Å². The molecule has 0 saturated heterocycles. The second-order valence-corrected chi connectivity index (χ2v) is 8.22. The fourth-order valence-electron chi connectivity index (χ4n) is 3.92. The van der Waals surface area contributed by atoms with Gasteiger partial charge in [0, 0.05) is 5.56 Å². The van der Waals surface area contributed by atoms with Crippen molar-refractivity contribution >= 4 is 11.0 Å². The van der Waals surface area contributed by atoms with E-state index in [9.17, 15) is 0 Å². The van der Waals surface area contributed by atoms with Crippen LogP contribution in [0.2, 0.25) is 0 Å². The van der Waals surface area contributed by atoms with Crippen molar-refractivity contribution < 1.29 is 0 Å². The standard InChI is InChI=1S/C26H28N2/c1-17(2)21-9-8-10-22(18(3)4)25(21)28-24-12-7-6-11-23(24)27-26(28)20-15-13-19(5)14-16-20/h6-18H,1-5H3. The SMILES string of the molecule is Cc1ccc(-c2nc3ccccc3n2-c2c(C(C)C)cccc2C(C)C)cc1. The van der Waals surface area contributed by atoms with Crippen molar-refractivity contribution in [3.8, 4) is 17.1 Å². The monoisotopic (exact) mass is 368 g/mol. The van der Waals surface area contributed by atoms with Gasteiger partial charge in [-0.1, -0.05) is 87.9 Å². The van der Waals surface area contributed by atoms with Crippen LogP contribution in [0.25, 0.3) is 28.1 Å². The summed E-state index contributed by atoms with van der Waals surface area (Å²) < 4.78 is 2.38. The number of benzene rings is 3. The van der Waals surface area contributed by atoms with Crippen LogP contribution in [0, 0.1) is 6.92 Å². The van der Waals surface area contributed by atoms with Gasteiger partial charge in [0.1, 0.15) is 5.82 Å². The smallest absolute Gasteiger partial charge is 0.145 e. The van der Waals surface area contributed by atoms with E-state index in [2.05, 4.69) is 106 Å². The normalized spacial score (nSPS) is 11.7. The van der Waals surface area contributed by atoms with E-state index < -0.39 is 0 Å². The molecule has 1 heterocycles. The third kappa shape index (κ3) is 3.13. The minimum absolute atomic E-state index is 0.431. The van der Waals surface area contributed by atoms with Crippen molar-refractivity contribution in [1.82, 2.24) is 9.55 Å². The molecule has 0 fully saturated rings. The van der Waals surface area contributed by atoms with Crippen molar-refractivity contribution in [2.24, 2.45) is 0 Å². The van der Waals surface area contributed by atoms with Crippen LogP contribution in [0.3, 0.4) is 0 Å². The highest BCUT2D eigenvalue weighted by atomic mass is 15.1. The average molecular weight is 369 g/mol. The molecule has 1 aromatic heterocycles. The Morgan fingerprint density at radius 2 is 1.32 bits per heavy atom. The van der Waals surface area contributed by atoms with Crippen molar-refractivity contribution in [2.45, 2.75) is 46.5 Å². The van der Waals surface area contributed by atoms with Crippen LogP contribution < -0.4 is 0 Å². The first-order valence-corrected chi connectivity index (χ1v) is 10.1. The van der Waals surface area contributed by atoms with Gasteiger partial charge in [0.25, 0.3) is 0 Å². The molecule has 4 aromatic rings. The quantitative estimate of drug-likeness (QED) is 0.371. The van der Waals surface area contributed by atoms with Gasteiger partial charge in [0.2, 0.25) is 0 Å². The highest BCUT2D eigenvalue weighted by Crippen LogP contribution is 2.37. The molecular weight excluding hydrogens is 340 g/mol. The van der Waals surface area contributed by atoms with E-state index in [0.29, 0.717) is 11.8 Å². The summed E-state index contributed by atoms with van der Waals surface area (Å²) in [6.07, 6.45) is 0. The maximum atomic E-state index is 5.05. The highest BCUT2D eigenvalue weighted by molar-refractivity contribution is 5.84. The van der Waals surface area contributed by atoms with Crippen LogP contribution in [0.5, 0.6) is 0 Å². The summed E-state index contributed by atoms with van der Waals surface area (Å²) >= 11 is 0. The molecule has 0 aliphatic rings. The van der Waals surface area contributed by atoms with Crippen LogP contribution in [0.15, 0.2) is 66.7 Å². The van der Waals surface area contributed by atoms with Crippen molar-refractivity contribution in [3.05, 3.63) is 83.4 Å². The van der Waals surface area contributed by atoms with E-state index in [1.54, 1.807) is 0 Å². The lowest BCUT2D eigenvalue weighted by Gasteiger charge is -2.22. The van der Waals surface area contributed by atoms with E-state index >= 15 is 0 Å². The molecule has 0 spiro atoms. The molecular formula is C26H28N2. The number of aromatic nitrogens is 2. The number of hydrogen-bond acceptors (Lipinski definition) is 1. The Labute approximate surface area is 167 Å². The van der Waals surface area contributed by atoms with Gasteiger partial charge in [-0.3, -0.25) is 4.57 Å². The maximum Gasteiger partial charge on any atom is 0.145 e. The van der Waals surface area contributed by atoms with Gasteiger partial charge in [-0.2, -0.15) is 0 Å². The number of imidazole rings is 1. The predicted molar refractivity (Wildman–Crippen MR) is 119 cm³/mol. The molecule has 4 rings (SSSR count). The zero-order chi connectivity index (χ0) is 19.8. The summed E-state index contributed by atoms with van der Waals surface area (Å²) in [7, 11) is 0. The van der Waals surface area contributed by atoms with E-state index in [0.717, 1.165) is 22.4 Å². The Bertz CT molecular complexity index is 1090. The Morgan fingerprint density at radius 3 is 1.93 bits per heavy atom. The topological polar surface area (TPSA) is 17.8 Å². The number of hydrogen-bond donors (Lipinski definition) is 0. The summed E-state index contributed by atoms with van der Waals surface area (Å²) in [6.45, 7) is 11.2. The number of para-hydroxylation sites is 3. The number of rotatable bonds is 4. The fourth-order valence-corrected chi connectivity index (χ4v) is 3.92. The molecule has 0 atom stereocenters. The number of fused-ring (bicyclic) bond motifs is 1. The zero-order valence-electron chi connectivity index (χ0n) is 17.4. The van der Waals surface area contributed by atoms with Gasteiger partial charge in [-0.15, -0.1) is 0 Å². The third-order valence-corrected chi connectivity index (χ3v) is 5.44. The van der Waals surface area contributed by atoms with Crippen LogP contribution in [-0.2, 0) is 0 Å². The molecule has 0 bridgehead atoms. The summed E-state index contributed by atoms with van der Waals surface area (Å²) in [4.78, 5) is 5.05. The lowest BCUT2D eigenvalue weighted by molar-refractivity contribution is 0.811. The number of nitrogens with zero attached hydrogens (tertiary/aromatic N) is 2. The van der Waals surface area contributed by atoms with E-state index in [1.807, 2.05) is 0 Å². The molecule has 2 heteroatoms. The predicted octanol–water partition coefficient (Wildman–Crippen LogP) is 7.25. The molecule has 0 aliphatic heterocycles. The summed E-state index contributed by atoms with van der Waals surface area (Å²) in [5.74, 6) is 1.87. The molecule has 3 aromatic carbocycles. The van der Waals surface area contributed by atoms with E-state index in [4.69, 9.17) is 4.98 Å². The van der Waals surface area contributed by atoms with Crippen LogP contribution in [0.1, 0.15) is 56.2 Å². The first-order valence-electron chi connectivity index (χ1n) is 10.1. The van der Waals surface area contributed by atoms with Crippen molar-refractivity contribution in [3.63, 3.8) is 0 Å². The van der Waals surface area contributed by atoms with Crippen molar-refractivity contribution in [1.29, 1.82) is 0 Å². The van der Waals surface area contributed by atoms with Crippen molar-refractivity contribution in [2.75, 3.05) is 0 Å². The van der Waals surface area contributed by atoms with Gasteiger partial charge >= 0.3 is 0 Å². The summed E-state index contributed by atoms with van der Waals surface area (Å²) in [5.41, 5.74) is 8.62. The molecule has 0 saturated carbocycles. The third-order valence-electron chi connectivity index (χ3n) is 5.44. The first-order chi connectivity index (χ1) is 13.5. The maximum absolute atomic E-state index is 5.05. The molecule has 0 amide bonds. The highest BCUT2D eigenvalue weighted by Gasteiger charge is 2.21.